The van der Waals surface area contributed by atoms with Gasteiger partial charge in [-0.15, -0.1) is 6.42 Å². The van der Waals surface area contributed by atoms with E-state index in [0.717, 1.165) is 5.56 Å². The second kappa shape index (κ2) is 4.40. The molecule has 0 spiro atoms. The summed E-state index contributed by atoms with van der Waals surface area (Å²) in [5.41, 5.74) is 0.938. The van der Waals surface area contributed by atoms with Gasteiger partial charge in [0.2, 0.25) is 0 Å². The van der Waals surface area contributed by atoms with Gasteiger partial charge < -0.3 is 0 Å². The third-order valence-electron chi connectivity index (χ3n) is 0.940. The average Bonchev–Trinajstić information content (AvgIpc) is 1.90. The Morgan fingerprint density at radius 2 is 1.67 bits per heavy atom. The van der Waals surface area contributed by atoms with Crippen molar-refractivity contribution in [2.24, 2.45) is 0 Å². The zero-order chi connectivity index (χ0) is 5.82. The van der Waals surface area contributed by atoms with Crippen LogP contribution in [0.5, 0.6) is 0 Å². The van der Waals surface area contributed by atoms with Gasteiger partial charge in [-0.25, -0.2) is 0 Å². The number of benzene rings is 1. The van der Waals surface area contributed by atoms with Crippen LogP contribution in [0.25, 0.3) is 0 Å². The monoisotopic (exact) mass is 299 g/mol. The average molecular weight is 299 g/mol. The van der Waals surface area contributed by atoms with Crippen molar-refractivity contribution in [3.05, 3.63) is 35.9 Å². The van der Waals surface area contributed by atoms with E-state index in [4.69, 9.17) is 6.42 Å². The topological polar surface area (TPSA) is 0 Å². The van der Waals surface area contributed by atoms with Gasteiger partial charge in [0.1, 0.15) is 0 Å². The Labute approximate surface area is 70.8 Å². The van der Waals surface area contributed by atoms with Gasteiger partial charge in [0, 0.05) is 27.9 Å². The van der Waals surface area contributed by atoms with Crippen molar-refractivity contribution in [1.29, 1.82) is 0 Å². The minimum atomic E-state index is 0. The van der Waals surface area contributed by atoms with Crippen molar-refractivity contribution in [2.75, 3.05) is 0 Å². The minimum absolute atomic E-state index is 0. The van der Waals surface area contributed by atoms with E-state index in [0.29, 0.717) is 0 Å². The van der Waals surface area contributed by atoms with Gasteiger partial charge in [0.05, 0.1) is 0 Å². The maximum atomic E-state index is 5.10. The molecule has 0 unspecified atom stereocenters. The van der Waals surface area contributed by atoms with Crippen LogP contribution in [0, 0.1) is 12.3 Å². The number of terminal acetylenes is 1. The zero-order valence-electron chi connectivity index (χ0n) is 4.77. The van der Waals surface area contributed by atoms with Gasteiger partial charge in [-0.2, -0.15) is 0 Å². The van der Waals surface area contributed by atoms with E-state index >= 15 is 0 Å². The van der Waals surface area contributed by atoms with Crippen LogP contribution in [-0.4, -0.2) is 0 Å². The summed E-state index contributed by atoms with van der Waals surface area (Å²) in [6, 6.07) is 9.60. The zero-order valence-corrected chi connectivity index (χ0v) is 6.93. The Morgan fingerprint density at radius 3 is 2.00 bits per heavy atom. The Bertz CT molecular complexity index is 196. The predicted molar refractivity (Wildman–Crippen MR) is 34.4 cm³/mol. The summed E-state index contributed by atoms with van der Waals surface area (Å²) in [5, 5.41) is 0. The fourth-order valence-electron chi connectivity index (χ4n) is 0.534. The van der Waals surface area contributed by atoms with Gasteiger partial charge in [0.25, 0.3) is 0 Å². The van der Waals surface area contributed by atoms with Crippen LogP contribution in [0.15, 0.2) is 30.3 Å². The Morgan fingerprint density at radius 1 is 1.11 bits per heavy atom. The molecule has 9 heavy (non-hydrogen) atoms. The summed E-state index contributed by atoms with van der Waals surface area (Å²) in [6.07, 6.45) is 5.10. The third-order valence-corrected chi connectivity index (χ3v) is 0.940. The van der Waals surface area contributed by atoms with Crippen molar-refractivity contribution in [3.63, 3.8) is 0 Å². The molecule has 0 saturated heterocycles. The summed E-state index contributed by atoms with van der Waals surface area (Å²) in [7, 11) is 0. The fourth-order valence-corrected chi connectivity index (χ4v) is 0.534. The molecule has 1 aromatic carbocycles. The van der Waals surface area contributed by atoms with E-state index in [1.165, 1.54) is 0 Å². The van der Waals surface area contributed by atoms with E-state index in [9.17, 15) is 0 Å². The van der Waals surface area contributed by atoms with Crippen LogP contribution >= 0.6 is 0 Å². The minimum Gasteiger partial charge on any atom is -0.115 e. The summed E-state index contributed by atoms with van der Waals surface area (Å²) in [6.45, 7) is 0. The van der Waals surface area contributed by atoms with Crippen molar-refractivity contribution in [1.82, 2.24) is 0 Å². The molecule has 1 heteroatoms. The van der Waals surface area contributed by atoms with E-state index in [2.05, 4.69) is 5.92 Å². The van der Waals surface area contributed by atoms with Crippen LogP contribution in [0.3, 0.4) is 0 Å². The fraction of sp³-hybridized carbons (Fsp3) is 0. The number of rotatable bonds is 0. The largest absolute Gasteiger partial charge is 0.115 e. The molecule has 1 radical (unpaired) electrons. The molecule has 1 aromatic rings. The summed E-state index contributed by atoms with van der Waals surface area (Å²) >= 11 is 0. The van der Waals surface area contributed by atoms with Gasteiger partial charge in [-0.1, -0.05) is 24.1 Å². The molecular formula is C8H6Au. The van der Waals surface area contributed by atoms with Crippen molar-refractivity contribution in [2.45, 2.75) is 0 Å². The molecule has 0 amide bonds. The molecule has 0 atom stereocenters. The molecule has 1 rings (SSSR count). The maximum absolute atomic E-state index is 5.10. The Hall–Kier alpha value is -0.480. The Kier molecular flexibility index (Phi) is 4.17. The standard InChI is InChI=1S/C8H6.Au/c1-2-8-6-4-3-5-7-8;/h1,3-7H;. The summed E-state index contributed by atoms with van der Waals surface area (Å²) in [5.74, 6) is 2.53. The molecule has 0 aliphatic heterocycles. The molecule has 0 heterocycles. The van der Waals surface area contributed by atoms with Gasteiger partial charge in [-0.3, -0.25) is 0 Å². The SMILES string of the molecule is C#Cc1ccccc1.[Au]. The first-order valence-electron chi connectivity index (χ1n) is 2.45. The van der Waals surface area contributed by atoms with E-state index in [-0.39, 0.29) is 22.4 Å². The molecule has 49 valence electrons. The molecule has 0 aliphatic carbocycles. The molecular weight excluding hydrogens is 293 g/mol. The first-order chi connectivity index (χ1) is 3.93. The molecule has 0 nitrogen and oxygen atoms in total. The second-order valence-corrected chi connectivity index (χ2v) is 1.51. The van der Waals surface area contributed by atoms with Gasteiger partial charge in [0.15, 0.2) is 0 Å². The van der Waals surface area contributed by atoms with E-state index in [1.54, 1.807) is 0 Å². The van der Waals surface area contributed by atoms with Crippen LogP contribution in [0.1, 0.15) is 5.56 Å². The van der Waals surface area contributed by atoms with Crippen LogP contribution in [-0.2, 0) is 22.4 Å². The molecule has 0 aliphatic rings. The third kappa shape index (κ3) is 2.53. The molecule has 0 bridgehead atoms. The molecule has 0 fully saturated rings. The van der Waals surface area contributed by atoms with E-state index in [1.807, 2.05) is 30.3 Å². The number of hydrogen-bond donors (Lipinski definition) is 0. The first kappa shape index (κ1) is 8.52. The van der Waals surface area contributed by atoms with Gasteiger partial charge >= 0.3 is 0 Å². The summed E-state index contributed by atoms with van der Waals surface area (Å²) in [4.78, 5) is 0. The van der Waals surface area contributed by atoms with Crippen LogP contribution in [0.4, 0.5) is 0 Å². The van der Waals surface area contributed by atoms with E-state index < -0.39 is 0 Å². The van der Waals surface area contributed by atoms with Crippen LogP contribution < -0.4 is 0 Å². The van der Waals surface area contributed by atoms with Crippen molar-refractivity contribution < 1.29 is 22.4 Å². The molecule has 0 N–H and O–H groups in total. The summed E-state index contributed by atoms with van der Waals surface area (Å²) < 4.78 is 0. The normalized spacial score (nSPS) is 7.00. The van der Waals surface area contributed by atoms with Crippen molar-refractivity contribution >= 4 is 0 Å². The first-order valence-corrected chi connectivity index (χ1v) is 2.45. The molecule has 0 saturated carbocycles. The van der Waals surface area contributed by atoms with Crippen LogP contribution in [0.2, 0.25) is 0 Å². The molecule has 0 aromatic heterocycles. The maximum Gasteiger partial charge on any atom is 0.0242 e. The Balaban J connectivity index is 0.000000640. The second-order valence-electron chi connectivity index (χ2n) is 1.51. The predicted octanol–water partition coefficient (Wildman–Crippen LogP) is 1.67. The quantitative estimate of drug-likeness (QED) is 0.505. The number of hydrogen-bond acceptors (Lipinski definition) is 0. The van der Waals surface area contributed by atoms with Crippen molar-refractivity contribution in [3.8, 4) is 12.3 Å². The van der Waals surface area contributed by atoms with Gasteiger partial charge in [-0.05, 0) is 12.1 Å². The smallest absolute Gasteiger partial charge is 0.0242 e.